The smallest absolute Gasteiger partial charge is 0.195 e. The molecule has 0 bridgehead atoms. The third-order valence-corrected chi connectivity index (χ3v) is 4.00. The third-order valence-electron chi connectivity index (χ3n) is 2.56. The number of thiazole rings is 1. The van der Waals surface area contributed by atoms with E-state index in [1.54, 1.807) is 18.4 Å². The highest BCUT2D eigenvalue weighted by Gasteiger charge is 2.17. The molecule has 0 aromatic carbocycles. The zero-order valence-electron chi connectivity index (χ0n) is 11.4. The van der Waals surface area contributed by atoms with E-state index in [2.05, 4.69) is 20.1 Å². The number of nitrogens with one attached hydrogen (secondary N) is 1. The van der Waals surface area contributed by atoms with Gasteiger partial charge in [-0.15, -0.1) is 11.3 Å². The van der Waals surface area contributed by atoms with E-state index < -0.39 is 0 Å². The highest BCUT2D eigenvalue weighted by Crippen LogP contribution is 2.29. The molecular formula is C11H17N5OS2. The summed E-state index contributed by atoms with van der Waals surface area (Å²) in [5, 5.41) is 8.11. The molecule has 0 spiro atoms. The lowest BCUT2D eigenvalue weighted by atomic mass is 10.3. The van der Waals surface area contributed by atoms with Gasteiger partial charge in [0.1, 0.15) is 5.01 Å². The van der Waals surface area contributed by atoms with Crippen molar-refractivity contribution in [2.24, 2.45) is 7.05 Å². The van der Waals surface area contributed by atoms with Crippen molar-refractivity contribution < 1.29 is 4.74 Å². The zero-order chi connectivity index (χ0) is 14.0. The first kappa shape index (κ1) is 14.3. The van der Waals surface area contributed by atoms with Gasteiger partial charge in [0, 0.05) is 20.7 Å². The Bertz CT molecular complexity index is 613. The topological polar surface area (TPSA) is 59.0 Å². The van der Waals surface area contributed by atoms with Crippen LogP contribution in [0.1, 0.15) is 10.7 Å². The first-order valence-corrected chi connectivity index (χ1v) is 6.99. The van der Waals surface area contributed by atoms with Crippen LogP contribution in [0.5, 0.6) is 0 Å². The van der Waals surface area contributed by atoms with Crippen molar-refractivity contribution in [1.82, 2.24) is 24.6 Å². The van der Waals surface area contributed by atoms with Crippen molar-refractivity contribution in [2.75, 3.05) is 21.2 Å². The van der Waals surface area contributed by atoms with Crippen molar-refractivity contribution >= 4 is 23.6 Å². The lowest BCUT2D eigenvalue weighted by Gasteiger charge is -2.04. The molecule has 0 aliphatic heterocycles. The van der Waals surface area contributed by atoms with Crippen molar-refractivity contribution in [3.63, 3.8) is 0 Å². The average molecular weight is 299 g/mol. The molecule has 0 fully saturated rings. The normalized spacial score (nSPS) is 11.4. The molecule has 19 heavy (non-hydrogen) atoms. The molecule has 104 valence electrons. The number of aromatic nitrogens is 4. The van der Waals surface area contributed by atoms with Crippen LogP contribution in [0.2, 0.25) is 0 Å². The lowest BCUT2D eigenvalue weighted by Crippen LogP contribution is -2.10. The summed E-state index contributed by atoms with van der Waals surface area (Å²) in [7, 11) is 7.60. The number of hydrogen-bond acceptors (Lipinski definition) is 6. The van der Waals surface area contributed by atoms with Gasteiger partial charge in [0.15, 0.2) is 10.6 Å². The number of rotatable bonds is 5. The lowest BCUT2D eigenvalue weighted by molar-refractivity contribution is 0.182. The largest absolute Gasteiger partial charge is 0.378 e. The number of methoxy groups -OCH3 is 1. The minimum Gasteiger partial charge on any atom is -0.378 e. The molecule has 0 aliphatic carbocycles. The Labute approximate surface area is 121 Å². The van der Waals surface area contributed by atoms with Crippen molar-refractivity contribution in [3.05, 3.63) is 15.5 Å². The number of aromatic amines is 1. The molecule has 2 aromatic rings. The first-order chi connectivity index (χ1) is 9.02. The molecule has 2 aromatic heterocycles. The predicted octanol–water partition coefficient (Wildman–Crippen LogP) is 1.81. The van der Waals surface area contributed by atoms with Crippen LogP contribution >= 0.6 is 23.6 Å². The number of ether oxygens (including phenoxy) is 1. The Morgan fingerprint density at radius 2 is 2.21 bits per heavy atom. The van der Waals surface area contributed by atoms with Crippen LogP contribution in [0, 0.1) is 4.77 Å². The van der Waals surface area contributed by atoms with Gasteiger partial charge in [0.25, 0.3) is 0 Å². The summed E-state index contributed by atoms with van der Waals surface area (Å²) in [5.74, 6) is 0.805. The number of nitrogens with zero attached hydrogens (tertiary/aromatic N) is 4. The van der Waals surface area contributed by atoms with Gasteiger partial charge in [0.05, 0.1) is 17.2 Å². The molecule has 0 atom stereocenters. The van der Waals surface area contributed by atoms with E-state index in [1.807, 2.05) is 25.7 Å². The van der Waals surface area contributed by atoms with Gasteiger partial charge in [-0.1, -0.05) is 0 Å². The molecule has 0 aliphatic rings. The van der Waals surface area contributed by atoms with E-state index in [0.717, 1.165) is 27.9 Å². The summed E-state index contributed by atoms with van der Waals surface area (Å²) >= 11 is 6.77. The maximum atomic E-state index is 5.21. The highest BCUT2D eigenvalue weighted by molar-refractivity contribution is 7.71. The number of H-pyrrole nitrogens is 1. The molecule has 2 rings (SSSR count). The van der Waals surface area contributed by atoms with E-state index >= 15 is 0 Å². The maximum Gasteiger partial charge on any atom is 0.195 e. The molecular weight excluding hydrogens is 282 g/mol. The molecule has 0 saturated heterocycles. The summed E-state index contributed by atoms with van der Waals surface area (Å²) in [6.45, 7) is 1.27. The summed E-state index contributed by atoms with van der Waals surface area (Å²) in [5.41, 5.74) is 0.904. The standard InChI is InChI=1S/C11H17N5OS2/c1-15(2)5-8-12-7(6-17-4)9(19-8)10-13-14-11(18)16(10)3/h5-6H2,1-4H3,(H,14,18). The van der Waals surface area contributed by atoms with Crippen LogP contribution in [0.4, 0.5) is 0 Å². The molecule has 0 radical (unpaired) electrons. The van der Waals surface area contributed by atoms with Gasteiger partial charge in [-0.2, -0.15) is 5.10 Å². The Hall–Kier alpha value is -1.09. The third kappa shape index (κ3) is 3.08. The summed E-state index contributed by atoms with van der Waals surface area (Å²) < 4.78 is 7.66. The van der Waals surface area contributed by atoms with Crippen LogP contribution in [-0.4, -0.2) is 45.9 Å². The monoisotopic (exact) mass is 299 g/mol. The average Bonchev–Trinajstić information content (AvgIpc) is 2.85. The summed E-state index contributed by atoms with van der Waals surface area (Å²) in [6, 6.07) is 0. The van der Waals surface area contributed by atoms with Crippen LogP contribution in [0.25, 0.3) is 10.7 Å². The Morgan fingerprint density at radius 1 is 1.47 bits per heavy atom. The molecule has 0 saturated carbocycles. The molecule has 0 amide bonds. The Kier molecular flexibility index (Phi) is 4.46. The van der Waals surface area contributed by atoms with Crippen molar-refractivity contribution in [2.45, 2.75) is 13.2 Å². The van der Waals surface area contributed by atoms with Gasteiger partial charge < -0.3 is 14.2 Å². The van der Waals surface area contributed by atoms with Gasteiger partial charge in [-0.25, -0.2) is 4.98 Å². The van der Waals surface area contributed by atoms with E-state index in [9.17, 15) is 0 Å². The fourth-order valence-corrected chi connectivity index (χ4v) is 3.04. The van der Waals surface area contributed by atoms with E-state index in [4.69, 9.17) is 17.0 Å². The molecule has 6 nitrogen and oxygen atoms in total. The second-order valence-corrected chi connectivity index (χ2v) is 5.94. The fourth-order valence-electron chi connectivity index (χ4n) is 1.70. The Morgan fingerprint density at radius 3 is 2.74 bits per heavy atom. The maximum absolute atomic E-state index is 5.21. The second kappa shape index (κ2) is 5.91. The minimum absolute atomic E-state index is 0.471. The number of hydrogen-bond donors (Lipinski definition) is 1. The van der Waals surface area contributed by atoms with E-state index in [-0.39, 0.29) is 0 Å². The SMILES string of the molecule is COCc1nc(CN(C)C)sc1-c1n[nH]c(=S)n1C. The minimum atomic E-state index is 0.471. The van der Waals surface area contributed by atoms with E-state index in [1.165, 1.54) is 0 Å². The molecule has 8 heteroatoms. The van der Waals surface area contributed by atoms with Crippen molar-refractivity contribution in [3.8, 4) is 10.7 Å². The molecule has 2 heterocycles. The first-order valence-electron chi connectivity index (χ1n) is 5.77. The highest BCUT2D eigenvalue weighted by atomic mass is 32.1. The van der Waals surface area contributed by atoms with Crippen LogP contribution in [0.15, 0.2) is 0 Å². The van der Waals surface area contributed by atoms with Crippen LogP contribution in [0.3, 0.4) is 0 Å². The second-order valence-electron chi connectivity index (χ2n) is 4.47. The predicted molar refractivity (Wildman–Crippen MR) is 77.6 cm³/mol. The van der Waals surface area contributed by atoms with Gasteiger partial charge in [-0.3, -0.25) is 5.10 Å². The summed E-state index contributed by atoms with van der Waals surface area (Å²) in [4.78, 5) is 7.71. The molecule has 1 N–H and O–H groups in total. The summed E-state index contributed by atoms with van der Waals surface area (Å²) in [6.07, 6.45) is 0. The quantitative estimate of drug-likeness (QED) is 0.853. The van der Waals surface area contributed by atoms with Gasteiger partial charge in [-0.05, 0) is 26.3 Å². The Balaban J connectivity index is 2.45. The van der Waals surface area contributed by atoms with Crippen LogP contribution < -0.4 is 0 Å². The zero-order valence-corrected chi connectivity index (χ0v) is 13.1. The van der Waals surface area contributed by atoms with Gasteiger partial charge in [0.2, 0.25) is 0 Å². The van der Waals surface area contributed by atoms with Crippen LogP contribution in [-0.2, 0) is 24.9 Å². The van der Waals surface area contributed by atoms with Crippen molar-refractivity contribution in [1.29, 1.82) is 0 Å². The molecule has 0 unspecified atom stereocenters. The van der Waals surface area contributed by atoms with Gasteiger partial charge >= 0.3 is 0 Å². The fraction of sp³-hybridized carbons (Fsp3) is 0.545. The van der Waals surface area contributed by atoms with E-state index in [0.29, 0.717) is 11.4 Å².